The normalized spacial score (nSPS) is 10.3. The van der Waals surface area contributed by atoms with Gasteiger partial charge in [0, 0.05) is 16.7 Å². The molecular weight excluding hydrogens is 246 g/mol. The molecule has 0 fully saturated rings. The van der Waals surface area contributed by atoms with Crippen LogP contribution >= 0.6 is 11.8 Å². The van der Waals surface area contributed by atoms with Crippen LogP contribution < -0.4 is 5.11 Å². The van der Waals surface area contributed by atoms with Crippen LogP contribution in [-0.2, 0) is 0 Å². The van der Waals surface area contributed by atoms with Crippen molar-refractivity contribution >= 4 is 17.7 Å². The van der Waals surface area contributed by atoms with E-state index in [2.05, 4.69) is 11.1 Å². The third-order valence-corrected chi connectivity index (χ3v) is 3.72. The van der Waals surface area contributed by atoms with Crippen LogP contribution in [-0.4, -0.2) is 11.0 Å². The number of rotatable bonds is 3. The molecule has 3 nitrogen and oxygen atoms in total. The van der Waals surface area contributed by atoms with Gasteiger partial charge in [0.2, 0.25) is 0 Å². The van der Waals surface area contributed by atoms with Crippen molar-refractivity contribution in [1.29, 1.82) is 0 Å². The van der Waals surface area contributed by atoms with E-state index < -0.39 is 5.97 Å². The summed E-state index contributed by atoms with van der Waals surface area (Å²) in [5, 5.41) is 11.4. The molecule has 0 N–H and O–H groups in total. The first-order valence-electron chi connectivity index (χ1n) is 5.49. The number of carboxylic acid groups (broad SMARTS) is 1. The largest absolute Gasteiger partial charge is 0.545 e. The first kappa shape index (κ1) is 12.6. The Morgan fingerprint density at radius 2 is 2.06 bits per heavy atom. The third kappa shape index (κ3) is 2.71. The maximum absolute atomic E-state index is 11.0. The highest BCUT2D eigenvalue weighted by Gasteiger charge is 2.08. The standard InChI is InChI=1S/C14H13NO2S/c1-9-5-6-12(10(2)8-9)18-13-11(14(16)17)4-3-7-15-13/h3-8H,1-2H3,(H,16,17)/p-1. The molecule has 0 atom stereocenters. The van der Waals surface area contributed by atoms with Gasteiger partial charge in [-0.2, -0.15) is 0 Å². The molecule has 0 saturated carbocycles. The first-order valence-corrected chi connectivity index (χ1v) is 6.31. The fourth-order valence-corrected chi connectivity index (χ4v) is 2.58. The Balaban J connectivity index is 2.37. The maximum atomic E-state index is 11.0. The van der Waals surface area contributed by atoms with E-state index in [0.717, 1.165) is 10.5 Å². The molecular formula is C14H12NO2S-. The van der Waals surface area contributed by atoms with Gasteiger partial charge in [-0.1, -0.05) is 29.5 Å². The predicted octanol–water partition coefficient (Wildman–Crippen LogP) is 2.21. The van der Waals surface area contributed by atoms with E-state index in [1.807, 2.05) is 26.0 Å². The monoisotopic (exact) mass is 258 g/mol. The highest BCUT2D eigenvalue weighted by molar-refractivity contribution is 7.99. The SMILES string of the molecule is Cc1ccc(Sc2ncccc2C(=O)[O-])c(C)c1. The molecule has 0 amide bonds. The number of benzene rings is 1. The van der Waals surface area contributed by atoms with Crippen LogP contribution in [0.4, 0.5) is 0 Å². The Morgan fingerprint density at radius 1 is 1.28 bits per heavy atom. The third-order valence-electron chi connectivity index (χ3n) is 2.53. The Hall–Kier alpha value is -1.81. The summed E-state index contributed by atoms with van der Waals surface area (Å²) in [7, 11) is 0. The Kier molecular flexibility index (Phi) is 3.67. The molecule has 0 aliphatic heterocycles. The quantitative estimate of drug-likeness (QED) is 0.847. The number of aryl methyl sites for hydroxylation is 2. The van der Waals surface area contributed by atoms with Crippen LogP contribution in [0.25, 0.3) is 0 Å². The number of carbonyl (C=O) groups excluding carboxylic acids is 1. The smallest absolute Gasteiger partial charge is 0.110 e. The molecule has 1 aromatic heterocycles. The molecule has 1 aromatic carbocycles. The summed E-state index contributed by atoms with van der Waals surface area (Å²) in [4.78, 5) is 16.1. The summed E-state index contributed by atoms with van der Waals surface area (Å²) >= 11 is 1.35. The Morgan fingerprint density at radius 3 is 2.72 bits per heavy atom. The van der Waals surface area contributed by atoms with Gasteiger partial charge in [-0.15, -0.1) is 0 Å². The highest BCUT2D eigenvalue weighted by Crippen LogP contribution is 2.31. The lowest BCUT2D eigenvalue weighted by Crippen LogP contribution is -2.23. The van der Waals surface area contributed by atoms with Gasteiger partial charge in [0.25, 0.3) is 0 Å². The molecule has 2 rings (SSSR count). The molecule has 0 saturated heterocycles. The van der Waals surface area contributed by atoms with Crippen LogP contribution in [0, 0.1) is 13.8 Å². The highest BCUT2D eigenvalue weighted by atomic mass is 32.2. The van der Waals surface area contributed by atoms with E-state index in [4.69, 9.17) is 0 Å². The molecule has 18 heavy (non-hydrogen) atoms. The molecule has 4 heteroatoms. The topological polar surface area (TPSA) is 53.0 Å². The number of nitrogens with zero attached hydrogens (tertiary/aromatic N) is 1. The minimum absolute atomic E-state index is 0.127. The number of carbonyl (C=O) groups is 1. The molecule has 1 heterocycles. The lowest BCUT2D eigenvalue weighted by atomic mass is 10.2. The lowest BCUT2D eigenvalue weighted by molar-refractivity contribution is -0.255. The van der Waals surface area contributed by atoms with Gasteiger partial charge in [-0.3, -0.25) is 0 Å². The lowest BCUT2D eigenvalue weighted by Gasteiger charge is -2.10. The maximum Gasteiger partial charge on any atom is 0.110 e. The van der Waals surface area contributed by atoms with Crippen LogP contribution in [0.1, 0.15) is 21.5 Å². The van der Waals surface area contributed by atoms with Crippen molar-refractivity contribution in [3.05, 3.63) is 53.2 Å². The van der Waals surface area contributed by atoms with E-state index in [1.54, 1.807) is 12.3 Å². The fraction of sp³-hybridized carbons (Fsp3) is 0.143. The van der Waals surface area contributed by atoms with Gasteiger partial charge in [-0.25, -0.2) is 4.98 Å². The van der Waals surface area contributed by atoms with Gasteiger partial charge in [0.15, 0.2) is 0 Å². The Labute approximate surface area is 110 Å². The second kappa shape index (κ2) is 5.23. The van der Waals surface area contributed by atoms with Gasteiger partial charge >= 0.3 is 0 Å². The van der Waals surface area contributed by atoms with Gasteiger partial charge < -0.3 is 9.90 Å². The van der Waals surface area contributed by atoms with Gasteiger partial charge in [0.1, 0.15) is 5.03 Å². The van der Waals surface area contributed by atoms with Crippen molar-refractivity contribution in [1.82, 2.24) is 4.98 Å². The van der Waals surface area contributed by atoms with Gasteiger partial charge in [-0.05, 0) is 37.6 Å². The molecule has 0 radical (unpaired) electrons. The zero-order valence-electron chi connectivity index (χ0n) is 10.1. The molecule has 0 bridgehead atoms. The van der Waals surface area contributed by atoms with E-state index in [9.17, 15) is 9.90 Å². The van der Waals surface area contributed by atoms with Crippen molar-refractivity contribution in [2.75, 3.05) is 0 Å². The molecule has 0 aliphatic rings. The number of hydrogen-bond donors (Lipinski definition) is 0. The van der Waals surface area contributed by atoms with Crippen molar-refractivity contribution < 1.29 is 9.90 Å². The van der Waals surface area contributed by atoms with E-state index in [-0.39, 0.29) is 5.56 Å². The molecule has 0 aliphatic carbocycles. The fourth-order valence-electron chi connectivity index (χ4n) is 1.65. The van der Waals surface area contributed by atoms with Crippen LogP contribution in [0.5, 0.6) is 0 Å². The number of hydrogen-bond acceptors (Lipinski definition) is 4. The minimum atomic E-state index is -1.20. The van der Waals surface area contributed by atoms with Crippen LogP contribution in [0.2, 0.25) is 0 Å². The van der Waals surface area contributed by atoms with Crippen molar-refractivity contribution in [2.24, 2.45) is 0 Å². The van der Waals surface area contributed by atoms with E-state index >= 15 is 0 Å². The average molecular weight is 258 g/mol. The van der Waals surface area contributed by atoms with E-state index in [1.165, 1.54) is 23.4 Å². The van der Waals surface area contributed by atoms with Crippen LogP contribution in [0.3, 0.4) is 0 Å². The summed E-state index contributed by atoms with van der Waals surface area (Å²) in [6.07, 6.45) is 1.58. The van der Waals surface area contributed by atoms with Crippen molar-refractivity contribution in [2.45, 2.75) is 23.8 Å². The first-order chi connectivity index (χ1) is 8.58. The number of pyridine rings is 1. The second-order valence-corrected chi connectivity index (χ2v) is 5.05. The summed E-state index contributed by atoms with van der Waals surface area (Å²) in [6, 6.07) is 9.13. The number of aromatic nitrogens is 1. The van der Waals surface area contributed by atoms with Crippen molar-refractivity contribution in [3.8, 4) is 0 Å². The summed E-state index contributed by atoms with van der Waals surface area (Å²) in [5.41, 5.74) is 2.41. The zero-order chi connectivity index (χ0) is 13.1. The summed E-state index contributed by atoms with van der Waals surface area (Å²) in [5.74, 6) is -1.20. The average Bonchev–Trinajstić information content (AvgIpc) is 2.33. The van der Waals surface area contributed by atoms with Gasteiger partial charge in [0.05, 0.1) is 5.97 Å². The summed E-state index contributed by atoms with van der Waals surface area (Å²) < 4.78 is 0. The van der Waals surface area contributed by atoms with Crippen LogP contribution in [0.15, 0.2) is 46.5 Å². The Bertz CT molecular complexity index is 596. The summed E-state index contributed by atoms with van der Waals surface area (Å²) in [6.45, 7) is 4.02. The number of carboxylic acids is 1. The van der Waals surface area contributed by atoms with Crippen molar-refractivity contribution in [3.63, 3.8) is 0 Å². The predicted molar refractivity (Wildman–Crippen MR) is 68.6 cm³/mol. The number of aromatic carboxylic acids is 1. The van der Waals surface area contributed by atoms with E-state index in [0.29, 0.717) is 5.03 Å². The molecule has 0 spiro atoms. The molecule has 2 aromatic rings. The minimum Gasteiger partial charge on any atom is -0.545 e. The molecule has 0 unspecified atom stereocenters. The zero-order valence-corrected chi connectivity index (χ0v) is 11.0. The molecule has 92 valence electrons. The second-order valence-electron chi connectivity index (χ2n) is 4.01.